The summed E-state index contributed by atoms with van der Waals surface area (Å²) in [5.41, 5.74) is 1.98. The van der Waals surface area contributed by atoms with E-state index in [1.807, 2.05) is 31.2 Å². The molecule has 0 fully saturated rings. The van der Waals surface area contributed by atoms with E-state index >= 15 is 0 Å². The molecule has 26 heavy (non-hydrogen) atoms. The largest absolute Gasteiger partial charge is 0.481 e. The lowest BCUT2D eigenvalue weighted by atomic mass is 10.1. The first-order chi connectivity index (χ1) is 12.5. The smallest absolute Gasteiger partial charge is 0.265 e. The Kier molecular flexibility index (Phi) is 7.21. The Labute approximate surface area is 154 Å². The second-order valence-corrected chi connectivity index (χ2v) is 6.22. The van der Waals surface area contributed by atoms with Crippen molar-refractivity contribution in [1.82, 2.24) is 5.32 Å². The van der Waals surface area contributed by atoms with E-state index in [0.29, 0.717) is 23.5 Å². The van der Waals surface area contributed by atoms with Crippen LogP contribution >= 0.6 is 0 Å². The van der Waals surface area contributed by atoms with E-state index in [4.69, 9.17) is 4.74 Å². The van der Waals surface area contributed by atoms with Crippen molar-refractivity contribution in [2.24, 2.45) is 0 Å². The molecule has 2 amide bonds. The van der Waals surface area contributed by atoms with E-state index in [9.17, 15) is 9.59 Å². The number of carbonyl (C=O) groups is 2. The van der Waals surface area contributed by atoms with Crippen LogP contribution in [-0.2, 0) is 4.79 Å². The number of carbonyl (C=O) groups excluding carboxylic acids is 2. The molecule has 1 atom stereocenters. The number of anilines is 1. The highest BCUT2D eigenvalue weighted by Crippen LogP contribution is 2.18. The Morgan fingerprint density at radius 3 is 2.62 bits per heavy atom. The summed E-state index contributed by atoms with van der Waals surface area (Å²) in [6.07, 6.45) is 1.24. The molecule has 0 aliphatic rings. The van der Waals surface area contributed by atoms with Crippen LogP contribution in [-0.4, -0.2) is 24.5 Å². The first-order valence-corrected chi connectivity index (χ1v) is 8.92. The number of amides is 2. The Morgan fingerprint density at radius 1 is 1.12 bits per heavy atom. The Balaban J connectivity index is 2.03. The molecule has 0 radical (unpaired) electrons. The number of benzene rings is 2. The van der Waals surface area contributed by atoms with Gasteiger partial charge in [0.25, 0.3) is 11.8 Å². The van der Waals surface area contributed by atoms with Gasteiger partial charge in [-0.25, -0.2) is 0 Å². The lowest BCUT2D eigenvalue weighted by molar-refractivity contribution is -0.122. The molecule has 138 valence electrons. The molecule has 2 aromatic rings. The maximum atomic E-state index is 12.5. The van der Waals surface area contributed by atoms with Gasteiger partial charge in [-0.3, -0.25) is 9.59 Å². The normalized spacial score (nSPS) is 11.5. The fourth-order valence-corrected chi connectivity index (χ4v) is 2.44. The van der Waals surface area contributed by atoms with Crippen LogP contribution in [0.25, 0.3) is 0 Å². The molecule has 0 aromatic heterocycles. The van der Waals surface area contributed by atoms with Crippen molar-refractivity contribution < 1.29 is 14.3 Å². The van der Waals surface area contributed by atoms with Crippen LogP contribution in [0.4, 0.5) is 5.69 Å². The highest BCUT2D eigenvalue weighted by Gasteiger charge is 2.18. The summed E-state index contributed by atoms with van der Waals surface area (Å²) in [4.78, 5) is 24.8. The molecule has 0 aliphatic carbocycles. The van der Waals surface area contributed by atoms with E-state index in [-0.39, 0.29) is 11.8 Å². The van der Waals surface area contributed by atoms with E-state index in [1.54, 1.807) is 31.2 Å². The zero-order chi connectivity index (χ0) is 18.9. The average molecular weight is 354 g/mol. The molecule has 0 unspecified atom stereocenters. The molecule has 5 nitrogen and oxygen atoms in total. The number of unbranched alkanes of at least 4 members (excludes halogenated alkanes) is 1. The summed E-state index contributed by atoms with van der Waals surface area (Å²) in [6.45, 7) is 6.33. The van der Waals surface area contributed by atoms with Gasteiger partial charge >= 0.3 is 0 Å². The fraction of sp³-hybridized carbons (Fsp3) is 0.333. The molecule has 2 aromatic carbocycles. The van der Waals surface area contributed by atoms with E-state index in [1.165, 1.54) is 0 Å². The van der Waals surface area contributed by atoms with Crippen LogP contribution in [0.2, 0.25) is 0 Å². The number of hydrogen-bond donors (Lipinski definition) is 2. The lowest BCUT2D eigenvalue weighted by Crippen LogP contribution is -2.32. The van der Waals surface area contributed by atoms with E-state index in [0.717, 1.165) is 18.4 Å². The number of hydrogen-bond acceptors (Lipinski definition) is 3. The molecule has 0 aliphatic heterocycles. The molecule has 2 N–H and O–H groups in total. The average Bonchev–Trinajstić information content (AvgIpc) is 2.62. The predicted octanol–water partition coefficient (Wildman–Crippen LogP) is 3.93. The van der Waals surface area contributed by atoms with Gasteiger partial charge in [0, 0.05) is 6.54 Å². The minimum Gasteiger partial charge on any atom is -0.481 e. The summed E-state index contributed by atoms with van der Waals surface area (Å²) in [5.74, 6) is 0.139. The molecule has 0 saturated carbocycles. The van der Waals surface area contributed by atoms with E-state index < -0.39 is 6.10 Å². The monoisotopic (exact) mass is 354 g/mol. The maximum absolute atomic E-state index is 12.5. The van der Waals surface area contributed by atoms with Crippen LogP contribution < -0.4 is 15.4 Å². The first kappa shape index (κ1) is 19.5. The van der Waals surface area contributed by atoms with Gasteiger partial charge in [-0.1, -0.05) is 37.6 Å². The summed E-state index contributed by atoms with van der Waals surface area (Å²) in [5, 5.41) is 5.66. The maximum Gasteiger partial charge on any atom is 0.265 e. The Bertz CT molecular complexity index is 758. The number of aryl methyl sites for hydroxylation is 1. The van der Waals surface area contributed by atoms with Gasteiger partial charge in [-0.2, -0.15) is 0 Å². The minimum atomic E-state index is -0.687. The lowest BCUT2D eigenvalue weighted by Gasteiger charge is -2.16. The van der Waals surface area contributed by atoms with Crippen LogP contribution in [0.3, 0.4) is 0 Å². The third kappa shape index (κ3) is 5.62. The number of ether oxygens (including phenoxy) is 1. The molecular formula is C21H26N2O3. The van der Waals surface area contributed by atoms with Crippen LogP contribution in [0, 0.1) is 6.92 Å². The van der Waals surface area contributed by atoms with Gasteiger partial charge in [-0.15, -0.1) is 0 Å². The van der Waals surface area contributed by atoms with Crippen molar-refractivity contribution in [1.29, 1.82) is 0 Å². The number of nitrogens with one attached hydrogen (secondary N) is 2. The molecular weight excluding hydrogens is 328 g/mol. The second kappa shape index (κ2) is 9.61. The summed E-state index contributed by atoms with van der Waals surface area (Å²) in [7, 11) is 0. The van der Waals surface area contributed by atoms with Gasteiger partial charge in [0.1, 0.15) is 5.75 Å². The van der Waals surface area contributed by atoms with Gasteiger partial charge < -0.3 is 15.4 Å². The number of rotatable bonds is 8. The first-order valence-electron chi connectivity index (χ1n) is 8.92. The fourth-order valence-electron chi connectivity index (χ4n) is 2.44. The van der Waals surface area contributed by atoms with Crippen molar-refractivity contribution >= 4 is 17.5 Å². The third-order valence-corrected chi connectivity index (χ3v) is 3.92. The molecule has 2 rings (SSSR count). The summed E-state index contributed by atoms with van der Waals surface area (Å²) < 4.78 is 5.70. The molecule has 5 heteroatoms. The zero-order valence-electron chi connectivity index (χ0n) is 15.5. The molecule has 0 bridgehead atoms. The second-order valence-electron chi connectivity index (χ2n) is 6.22. The third-order valence-electron chi connectivity index (χ3n) is 3.92. The predicted molar refractivity (Wildman–Crippen MR) is 104 cm³/mol. The van der Waals surface area contributed by atoms with Crippen LogP contribution in [0.15, 0.2) is 48.5 Å². The van der Waals surface area contributed by atoms with Crippen molar-refractivity contribution in [3.05, 3.63) is 59.7 Å². The van der Waals surface area contributed by atoms with Crippen molar-refractivity contribution in [2.45, 2.75) is 39.7 Å². The highest BCUT2D eigenvalue weighted by atomic mass is 16.5. The van der Waals surface area contributed by atoms with Crippen LogP contribution in [0.5, 0.6) is 5.75 Å². The summed E-state index contributed by atoms with van der Waals surface area (Å²) >= 11 is 0. The van der Waals surface area contributed by atoms with Crippen LogP contribution in [0.1, 0.15) is 42.6 Å². The zero-order valence-corrected chi connectivity index (χ0v) is 15.5. The standard InChI is InChI=1S/C21H26N2O3/c1-4-5-13-22-21(25)18-11-6-7-12-19(18)23-20(24)16(3)26-17-10-8-9-15(2)14-17/h6-12,14,16H,4-5,13H2,1-3H3,(H,22,25)(H,23,24)/t16-/m1/s1. The van der Waals surface area contributed by atoms with Crippen molar-refractivity contribution in [2.75, 3.05) is 11.9 Å². The Morgan fingerprint density at radius 2 is 1.88 bits per heavy atom. The van der Waals surface area contributed by atoms with E-state index in [2.05, 4.69) is 17.6 Å². The minimum absolute atomic E-state index is 0.193. The van der Waals surface area contributed by atoms with Gasteiger partial charge in [0.05, 0.1) is 11.3 Å². The van der Waals surface area contributed by atoms with Crippen molar-refractivity contribution in [3.8, 4) is 5.75 Å². The molecule has 0 heterocycles. The quantitative estimate of drug-likeness (QED) is 0.706. The number of para-hydroxylation sites is 1. The molecule has 0 saturated heterocycles. The Hall–Kier alpha value is -2.82. The topological polar surface area (TPSA) is 67.4 Å². The van der Waals surface area contributed by atoms with Crippen molar-refractivity contribution in [3.63, 3.8) is 0 Å². The van der Waals surface area contributed by atoms with Gasteiger partial charge in [0.15, 0.2) is 6.10 Å². The SMILES string of the molecule is CCCCNC(=O)c1ccccc1NC(=O)[C@@H](C)Oc1cccc(C)c1. The highest BCUT2D eigenvalue weighted by molar-refractivity contribution is 6.04. The van der Waals surface area contributed by atoms with Gasteiger partial charge in [-0.05, 0) is 50.1 Å². The molecule has 0 spiro atoms. The summed E-state index contributed by atoms with van der Waals surface area (Å²) in [6, 6.07) is 14.5. The van der Waals surface area contributed by atoms with Gasteiger partial charge in [0.2, 0.25) is 0 Å².